The molecule has 0 bridgehead atoms. The molecule has 3 nitrogen and oxygen atoms in total. The highest BCUT2D eigenvalue weighted by Crippen LogP contribution is 2.38. The first-order valence-electron chi connectivity index (χ1n) is 12.4. The molecule has 0 aliphatic rings. The Morgan fingerprint density at radius 2 is 0.842 bits per heavy atom. The zero-order valence-corrected chi connectivity index (χ0v) is 21.4. The Morgan fingerprint density at radius 1 is 0.474 bits per heavy atom. The van der Waals surface area contributed by atoms with Crippen LogP contribution >= 0.6 is 0 Å². The highest BCUT2D eigenvalue weighted by molar-refractivity contribution is 6.04. The third-order valence-electron chi connectivity index (χ3n) is 6.62. The number of aldehydes is 1. The molecule has 38 heavy (non-hydrogen) atoms. The lowest BCUT2D eigenvalue weighted by Crippen LogP contribution is -1.98. The van der Waals surface area contributed by atoms with Gasteiger partial charge in [-0.15, -0.1) is 0 Å². The number of carbonyl (C=O) groups excluding carboxylic acids is 1. The van der Waals surface area contributed by atoms with Crippen molar-refractivity contribution in [3.05, 3.63) is 155 Å². The molecule has 0 aromatic heterocycles. The van der Waals surface area contributed by atoms with E-state index in [-0.39, 0.29) is 0 Å². The van der Waals surface area contributed by atoms with Gasteiger partial charge in [-0.3, -0.25) is 4.79 Å². The molecule has 0 N–H and O–H groups in total. The number of ether oxygens (including phenoxy) is 2. The van der Waals surface area contributed by atoms with Crippen LogP contribution in [0, 0.1) is 0 Å². The van der Waals surface area contributed by atoms with Gasteiger partial charge in [-0.05, 0) is 68.8 Å². The molecule has 0 saturated carbocycles. The smallest absolute Gasteiger partial charge is 0.150 e. The predicted octanol–water partition coefficient (Wildman–Crippen LogP) is 8.19. The van der Waals surface area contributed by atoms with E-state index in [0.717, 1.165) is 62.3 Å². The lowest BCUT2D eigenvalue weighted by Gasteiger charge is -2.19. The van der Waals surface area contributed by atoms with Crippen LogP contribution in [0.1, 0.15) is 32.6 Å². The van der Waals surface area contributed by atoms with Gasteiger partial charge in [0.1, 0.15) is 17.8 Å². The summed E-state index contributed by atoms with van der Waals surface area (Å²) in [5.74, 6) is 1.63. The van der Waals surface area contributed by atoms with E-state index in [1.165, 1.54) is 0 Å². The van der Waals surface area contributed by atoms with Gasteiger partial charge in [0.05, 0.1) is 14.2 Å². The molecule has 186 valence electrons. The summed E-state index contributed by atoms with van der Waals surface area (Å²) < 4.78 is 10.9. The van der Waals surface area contributed by atoms with Crippen molar-refractivity contribution < 1.29 is 14.3 Å². The largest absolute Gasteiger partial charge is 0.497 e. The quantitative estimate of drug-likeness (QED) is 0.160. The highest BCUT2D eigenvalue weighted by atomic mass is 16.5. The second kappa shape index (κ2) is 11.4. The standard InChI is InChI=1S/C35H28O3/c1-37-32-20-16-30(17-21-32)35(31-18-22-33(38-2)23-19-31)34(28-6-4-3-5-7-28)29-14-12-27(13-15-29)26-10-8-25(24-36)9-11-26/h3-24H,1-2H3. The molecular weight excluding hydrogens is 468 g/mol. The van der Waals surface area contributed by atoms with Gasteiger partial charge in [-0.2, -0.15) is 0 Å². The number of methoxy groups -OCH3 is 2. The van der Waals surface area contributed by atoms with Crippen molar-refractivity contribution in [3.8, 4) is 22.6 Å². The van der Waals surface area contributed by atoms with Crippen LogP contribution in [0.15, 0.2) is 127 Å². The van der Waals surface area contributed by atoms with Crippen molar-refractivity contribution >= 4 is 17.4 Å². The maximum Gasteiger partial charge on any atom is 0.150 e. The van der Waals surface area contributed by atoms with Crippen LogP contribution in [0.25, 0.3) is 22.3 Å². The van der Waals surface area contributed by atoms with E-state index >= 15 is 0 Å². The topological polar surface area (TPSA) is 35.5 Å². The fourth-order valence-electron chi connectivity index (χ4n) is 4.61. The van der Waals surface area contributed by atoms with Crippen molar-refractivity contribution in [2.24, 2.45) is 0 Å². The molecule has 5 rings (SSSR count). The average molecular weight is 497 g/mol. The zero-order valence-electron chi connectivity index (χ0n) is 21.4. The van der Waals surface area contributed by atoms with Gasteiger partial charge >= 0.3 is 0 Å². The number of benzene rings is 5. The monoisotopic (exact) mass is 496 g/mol. The van der Waals surface area contributed by atoms with Crippen LogP contribution in [0.2, 0.25) is 0 Å². The number of hydrogen-bond acceptors (Lipinski definition) is 3. The molecule has 0 saturated heterocycles. The predicted molar refractivity (Wildman–Crippen MR) is 155 cm³/mol. The highest BCUT2D eigenvalue weighted by Gasteiger charge is 2.17. The molecule has 0 atom stereocenters. The second-order valence-electron chi connectivity index (χ2n) is 8.89. The van der Waals surface area contributed by atoms with Gasteiger partial charge in [0, 0.05) is 5.56 Å². The SMILES string of the molecule is COc1ccc(C(=C(c2ccccc2)c2ccc(-c3ccc(C=O)cc3)cc2)c2ccc(OC)cc2)cc1. The van der Waals surface area contributed by atoms with Crippen LogP contribution in [-0.2, 0) is 0 Å². The lowest BCUT2D eigenvalue weighted by molar-refractivity contribution is 0.112. The van der Waals surface area contributed by atoms with Crippen LogP contribution < -0.4 is 9.47 Å². The third-order valence-corrected chi connectivity index (χ3v) is 6.62. The van der Waals surface area contributed by atoms with Crippen molar-refractivity contribution in [3.63, 3.8) is 0 Å². The molecule has 0 heterocycles. The molecule has 0 unspecified atom stereocenters. The number of carbonyl (C=O) groups is 1. The minimum absolute atomic E-state index is 0.670. The maximum atomic E-state index is 11.1. The van der Waals surface area contributed by atoms with Gasteiger partial charge in [-0.1, -0.05) is 103 Å². The van der Waals surface area contributed by atoms with E-state index in [2.05, 4.69) is 72.8 Å². The fourth-order valence-corrected chi connectivity index (χ4v) is 4.61. The molecule has 0 spiro atoms. The normalized spacial score (nSPS) is 10.5. The van der Waals surface area contributed by atoms with Crippen molar-refractivity contribution in [2.45, 2.75) is 0 Å². The van der Waals surface area contributed by atoms with Crippen LogP contribution in [0.5, 0.6) is 11.5 Å². The Hall–Kier alpha value is -4.89. The molecule has 5 aromatic carbocycles. The summed E-state index contributed by atoms with van der Waals surface area (Å²) in [5.41, 5.74) is 9.47. The van der Waals surface area contributed by atoms with Crippen LogP contribution in [0.4, 0.5) is 0 Å². The van der Waals surface area contributed by atoms with Crippen molar-refractivity contribution in [1.29, 1.82) is 0 Å². The summed E-state index contributed by atoms with van der Waals surface area (Å²) in [5, 5.41) is 0. The van der Waals surface area contributed by atoms with E-state index in [9.17, 15) is 4.79 Å². The maximum absolute atomic E-state index is 11.1. The molecule has 5 aromatic rings. The first kappa shape index (κ1) is 24.8. The van der Waals surface area contributed by atoms with Gasteiger partial charge in [0.2, 0.25) is 0 Å². The van der Waals surface area contributed by atoms with E-state index in [1.807, 2.05) is 54.6 Å². The molecule has 0 aliphatic carbocycles. The first-order chi connectivity index (χ1) is 18.7. The van der Waals surface area contributed by atoms with Crippen molar-refractivity contribution in [2.75, 3.05) is 14.2 Å². The minimum Gasteiger partial charge on any atom is -0.497 e. The minimum atomic E-state index is 0.670. The van der Waals surface area contributed by atoms with Crippen LogP contribution in [-0.4, -0.2) is 20.5 Å². The number of hydrogen-bond donors (Lipinski definition) is 0. The summed E-state index contributed by atoms with van der Waals surface area (Å²) in [6, 6.07) is 43.1. The Balaban J connectivity index is 1.72. The summed E-state index contributed by atoms with van der Waals surface area (Å²) in [7, 11) is 3.36. The Morgan fingerprint density at radius 3 is 1.24 bits per heavy atom. The van der Waals surface area contributed by atoms with E-state index in [4.69, 9.17) is 9.47 Å². The Kier molecular flexibility index (Phi) is 7.47. The summed E-state index contributed by atoms with van der Waals surface area (Å²) >= 11 is 0. The third kappa shape index (κ3) is 5.28. The molecule has 0 amide bonds. The fraction of sp³-hybridized carbons (Fsp3) is 0.0571. The molecule has 0 aliphatic heterocycles. The Labute approximate surface area is 223 Å². The summed E-state index contributed by atoms with van der Waals surface area (Å²) in [4.78, 5) is 11.1. The first-order valence-corrected chi connectivity index (χ1v) is 12.4. The summed E-state index contributed by atoms with van der Waals surface area (Å²) in [6.07, 6.45) is 0.865. The van der Waals surface area contributed by atoms with Gasteiger partial charge in [0.25, 0.3) is 0 Å². The van der Waals surface area contributed by atoms with Crippen LogP contribution in [0.3, 0.4) is 0 Å². The molecule has 0 radical (unpaired) electrons. The zero-order chi connectivity index (χ0) is 26.3. The van der Waals surface area contributed by atoms with Gasteiger partial charge in [-0.25, -0.2) is 0 Å². The van der Waals surface area contributed by atoms with Gasteiger partial charge in [0.15, 0.2) is 0 Å². The summed E-state index contributed by atoms with van der Waals surface area (Å²) in [6.45, 7) is 0. The number of rotatable bonds is 8. The van der Waals surface area contributed by atoms with Gasteiger partial charge < -0.3 is 9.47 Å². The second-order valence-corrected chi connectivity index (χ2v) is 8.89. The van der Waals surface area contributed by atoms with E-state index in [0.29, 0.717) is 5.56 Å². The Bertz CT molecular complexity index is 1480. The van der Waals surface area contributed by atoms with Crippen molar-refractivity contribution in [1.82, 2.24) is 0 Å². The van der Waals surface area contributed by atoms with E-state index < -0.39 is 0 Å². The van der Waals surface area contributed by atoms with E-state index in [1.54, 1.807) is 14.2 Å². The molecule has 0 fully saturated rings. The molecular formula is C35H28O3. The average Bonchev–Trinajstić information content (AvgIpc) is 3.00. The molecule has 3 heteroatoms. The lowest BCUT2D eigenvalue weighted by atomic mass is 9.85.